The average Bonchev–Trinajstić information content (AvgIpc) is 3.11. The molecule has 19 heavy (non-hydrogen) atoms. The van der Waals surface area contributed by atoms with Gasteiger partial charge < -0.3 is 15.0 Å². The van der Waals surface area contributed by atoms with Crippen LogP contribution in [0, 0.1) is 5.41 Å². The number of ether oxygens (including phenoxy) is 1. The van der Waals surface area contributed by atoms with Crippen molar-refractivity contribution in [2.24, 2.45) is 5.41 Å². The van der Waals surface area contributed by atoms with Crippen LogP contribution in [-0.2, 0) is 0 Å². The van der Waals surface area contributed by atoms with E-state index in [1.807, 2.05) is 16.3 Å². The number of halogens is 1. The molecule has 0 saturated carbocycles. The van der Waals surface area contributed by atoms with Crippen LogP contribution in [0.5, 0.6) is 5.75 Å². The smallest absolute Gasteiger partial charge is 0.267 e. The molecule has 1 aromatic heterocycles. The molecule has 1 unspecified atom stereocenters. The normalized spacial score (nSPS) is 25.6. The largest absolute Gasteiger partial charge is 0.495 e. The molecule has 0 bridgehead atoms. The fourth-order valence-electron chi connectivity index (χ4n) is 3.01. The van der Waals surface area contributed by atoms with E-state index in [4.69, 9.17) is 4.74 Å². The van der Waals surface area contributed by atoms with E-state index < -0.39 is 0 Å². The molecule has 3 heterocycles. The fourth-order valence-corrected chi connectivity index (χ4v) is 3.84. The first-order valence-corrected chi connectivity index (χ1v) is 7.24. The van der Waals surface area contributed by atoms with Gasteiger partial charge in [0, 0.05) is 25.0 Å². The molecule has 0 aromatic carbocycles. The average molecular weight is 303 g/mol. The van der Waals surface area contributed by atoms with Crippen molar-refractivity contribution in [3.05, 3.63) is 16.3 Å². The van der Waals surface area contributed by atoms with Crippen molar-refractivity contribution in [1.29, 1.82) is 0 Å². The lowest BCUT2D eigenvalue weighted by Gasteiger charge is -2.22. The van der Waals surface area contributed by atoms with Crippen molar-refractivity contribution in [1.82, 2.24) is 10.2 Å². The van der Waals surface area contributed by atoms with Crippen LogP contribution in [0.1, 0.15) is 22.5 Å². The first-order chi connectivity index (χ1) is 8.74. The fraction of sp³-hybridized carbons (Fsp3) is 0.615. The van der Waals surface area contributed by atoms with Crippen LogP contribution in [0.15, 0.2) is 11.4 Å². The highest BCUT2D eigenvalue weighted by Gasteiger charge is 2.42. The summed E-state index contributed by atoms with van der Waals surface area (Å²) >= 11 is 1.47. The standard InChI is InChI=1S/C13H18N2O2S.ClH/c1-17-10-2-7-18-11(10)12(16)15-6-4-13(9-15)3-5-14-8-13;/h2,7,14H,3-6,8-9H2,1H3;1H. The molecular weight excluding hydrogens is 284 g/mol. The Labute approximate surface area is 123 Å². The SMILES string of the molecule is COc1ccsc1C(=O)N1CCC2(CCNC2)C1.Cl. The van der Waals surface area contributed by atoms with Gasteiger partial charge in [0.25, 0.3) is 5.91 Å². The van der Waals surface area contributed by atoms with Crippen LogP contribution in [0.4, 0.5) is 0 Å². The summed E-state index contributed by atoms with van der Waals surface area (Å²) in [5.41, 5.74) is 0.333. The summed E-state index contributed by atoms with van der Waals surface area (Å²) in [6, 6.07) is 1.86. The Balaban J connectivity index is 0.00000133. The quantitative estimate of drug-likeness (QED) is 0.908. The number of thiophene rings is 1. The van der Waals surface area contributed by atoms with Gasteiger partial charge in [-0.1, -0.05) is 0 Å². The summed E-state index contributed by atoms with van der Waals surface area (Å²) in [6.07, 6.45) is 2.32. The van der Waals surface area contributed by atoms with E-state index in [9.17, 15) is 4.79 Å². The zero-order valence-corrected chi connectivity index (χ0v) is 12.6. The topological polar surface area (TPSA) is 41.6 Å². The number of methoxy groups -OCH3 is 1. The van der Waals surface area contributed by atoms with Gasteiger partial charge in [-0.15, -0.1) is 23.7 Å². The van der Waals surface area contributed by atoms with Gasteiger partial charge in [0.05, 0.1) is 7.11 Å². The van der Waals surface area contributed by atoms with Crippen LogP contribution < -0.4 is 10.1 Å². The van der Waals surface area contributed by atoms with Crippen molar-refractivity contribution < 1.29 is 9.53 Å². The Morgan fingerprint density at radius 2 is 2.37 bits per heavy atom. The molecular formula is C13H19ClN2O2S. The Morgan fingerprint density at radius 1 is 1.53 bits per heavy atom. The van der Waals surface area contributed by atoms with Gasteiger partial charge in [0.15, 0.2) is 0 Å². The van der Waals surface area contributed by atoms with Crippen LogP contribution in [-0.4, -0.2) is 44.1 Å². The molecule has 1 atom stereocenters. The first kappa shape index (κ1) is 14.6. The minimum atomic E-state index is 0. The summed E-state index contributed by atoms with van der Waals surface area (Å²) in [7, 11) is 1.62. The number of amides is 1. The zero-order chi connectivity index (χ0) is 12.6. The van der Waals surface area contributed by atoms with E-state index in [0.717, 1.165) is 37.5 Å². The zero-order valence-electron chi connectivity index (χ0n) is 11.0. The number of carbonyl (C=O) groups is 1. The van der Waals surface area contributed by atoms with E-state index in [-0.39, 0.29) is 18.3 Å². The maximum Gasteiger partial charge on any atom is 0.267 e. The molecule has 2 saturated heterocycles. The van der Waals surface area contributed by atoms with Gasteiger partial charge in [0.1, 0.15) is 10.6 Å². The van der Waals surface area contributed by atoms with Gasteiger partial charge in [-0.3, -0.25) is 4.79 Å². The summed E-state index contributed by atoms with van der Waals surface area (Å²) in [5.74, 6) is 0.834. The lowest BCUT2D eigenvalue weighted by atomic mass is 9.87. The number of nitrogens with one attached hydrogen (secondary N) is 1. The second kappa shape index (κ2) is 5.69. The second-order valence-electron chi connectivity index (χ2n) is 5.22. The third kappa shape index (κ3) is 2.59. The third-order valence-corrected chi connectivity index (χ3v) is 4.98. The Morgan fingerprint density at radius 3 is 3.05 bits per heavy atom. The van der Waals surface area contributed by atoms with Crippen molar-refractivity contribution in [2.75, 3.05) is 33.3 Å². The predicted octanol–water partition coefficient (Wildman–Crippen LogP) is 2.00. The molecule has 0 aliphatic carbocycles. The summed E-state index contributed by atoms with van der Waals surface area (Å²) in [6.45, 7) is 3.91. The molecule has 1 amide bonds. The molecule has 4 nitrogen and oxygen atoms in total. The molecule has 2 aliphatic heterocycles. The number of hydrogen-bond acceptors (Lipinski definition) is 4. The van der Waals surface area contributed by atoms with E-state index in [1.54, 1.807) is 7.11 Å². The van der Waals surface area contributed by atoms with Crippen LogP contribution in [0.2, 0.25) is 0 Å². The number of nitrogens with zero attached hydrogens (tertiary/aromatic N) is 1. The van der Waals surface area contributed by atoms with Crippen molar-refractivity contribution >= 4 is 29.7 Å². The second-order valence-corrected chi connectivity index (χ2v) is 6.14. The van der Waals surface area contributed by atoms with Gasteiger partial charge in [-0.25, -0.2) is 0 Å². The van der Waals surface area contributed by atoms with Crippen LogP contribution in [0.3, 0.4) is 0 Å². The molecule has 6 heteroatoms. The minimum Gasteiger partial charge on any atom is -0.495 e. The third-order valence-electron chi connectivity index (χ3n) is 4.10. The van der Waals surface area contributed by atoms with E-state index in [0.29, 0.717) is 11.2 Å². The first-order valence-electron chi connectivity index (χ1n) is 6.36. The van der Waals surface area contributed by atoms with Gasteiger partial charge in [-0.2, -0.15) is 0 Å². The molecule has 1 N–H and O–H groups in total. The van der Waals surface area contributed by atoms with Gasteiger partial charge in [-0.05, 0) is 30.8 Å². The van der Waals surface area contributed by atoms with E-state index >= 15 is 0 Å². The molecule has 2 fully saturated rings. The molecule has 3 rings (SSSR count). The Hall–Kier alpha value is -0.780. The molecule has 1 spiro atoms. The van der Waals surface area contributed by atoms with Gasteiger partial charge >= 0.3 is 0 Å². The Kier molecular flexibility index (Phi) is 4.38. The molecule has 106 valence electrons. The summed E-state index contributed by atoms with van der Waals surface area (Å²) in [4.78, 5) is 15.2. The lowest BCUT2D eigenvalue weighted by Crippen LogP contribution is -2.33. The highest BCUT2D eigenvalue weighted by molar-refractivity contribution is 7.12. The summed E-state index contributed by atoms with van der Waals surface area (Å²) < 4.78 is 5.23. The molecule has 1 aromatic rings. The maximum atomic E-state index is 12.5. The van der Waals surface area contributed by atoms with Crippen molar-refractivity contribution in [2.45, 2.75) is 12.8 Å². The molecule has 0 radical (unpaired) electrons. The minimum absolute atomic E-state index is 0. The predicted molar refractivity (Wildman–Crippen MR) is 78.6 cm³/mol. The van der Waals surface area contributed by atoms with Crippen LogP contribution in [0.25, 0.3) is 0 Å². The number of rotatable bonds is 2. The van der Waals surface area contributed by atoms with E-state index in [1.165, 1.54) is 17.8 Å². The monoisotopic (exact) mass is 302 g/mol. The van der Waals surface area contributed by atoms with Gasteiger partial charge in [0.2, 0.25) is 0 Å². The van der Waals surface area contributed by atoms with Crippen molar-refractivity contribution in [3.63, 3.8) is 0 Å². The number of likely N-dealkylation sites (tertiary alicyclic amines) is 1. The van der Waals surface area contributed by atoms with E-state index in [2.05, 4.69) is 5.32 Å². The highest BCUT2D eigenvalue weighted by Crippen LogP contribution is 2.37. The molecule has 2 aliphatic rings. The highest BCUT2D eigenvalue weighted by atomic mass is 35.5. The number of carbonyl (C=O) groups excluding carboxylic acids is 1. The lowest BCUT2D eigenvalue weighted by molar-refractivity contribution is 0.0777. The summed E-state index contributed by atoms with van der Waals surface area (Å²) in [5, 5.41) is 5.32. The number of hydrogen-bond donors (Lipinski definition) is 1. The Bertz CT molecular complexity index is 457. The van der Waals surface area contributed by atoms with Crippen molar-refractivity contribution in [3.8, 4) is 5.75 Å². The van der Waals surface area contributed by atoms with Crippen LogP contribution >= 0.6 is 23.7 Å². The maximum absolute atomic E-state index is 12.5.